The number of nitrogens with one attached hydrogen (secondary N) is 2. The van der Waals surface area contributed by atoms with Gasteiger partial charge in [-0.15, -0.1) is 24.5 Å². The summed E-state index contributed by atoms with van der Waals surface area (Å²) in [5.41, 5.74) is 2.50. The van der Waals surface area contributed by atoms with Crippen LogP contribution in [0.25, 0.3) is 0 Å². The molecule has 0 radical (unpaired) electrons. The van der Waals surface area contributed by atoms with Gasteiger partial charge in [0.05, 0.1) is 5.69 Å². The van der Waals surface area contributed by atoms with Crippen LogP contribution >= 0.6 is 11.3 Å². The number of ether oxygens (including phenoxy) is 1. The molecule has 2 heterocycles. The average Bonchev–Trinajstić information content (AvgIpc) is 3.30. The first-order valence-corrected chi connectivity index (χ1v) is 9.62. The van der Waals surface area contributed by atoms with Gasteiger partial charge in [-0.25, -0.2) is 4.98 Å². The summed E-state index contributed by atoms with van der Waals surface area (Å²) >= 11 is 1.19. The molecule has 0 bridgehead atoms. The van der Waals surface area contributed by atoms with Crippen molar-refractivity contribution in [3.8, 4) is 5.75 Å². The largest absolute Gasteiger partial charge is 0.573 e. The Morgan fingerprint density at radius 2 is 1.93 bits per heavy atom. The summed E-state index contributed by atoms with van der Waals surface area (Å²) in [6.45, 7) is 0. The molecule has 2 aromatic heterocycles. The van der Waals surface area contributed by atoms with Gasteiger partial charge in [0.1, 0.15) is 11.4 Å². The van der Waals surface area contributed by atoms with Crippen LogP contribution in [-0.4, -0.2) is 22.4 Å². The fraction of sp³-hybridized carbons (Fsp3) is 0.278. The predicted octanol–water partition coefficient (Wildman–Crippen LogP) is 4.90. The van der Waals surface area contributed by atoms with E-state index in [9.17, 15) is 18.0 Å². The first kappa shape index (κ1) is 19.2. The molecule has 0 atom stereocenters. The number of hydrogen-bond donors (Lipinski definition) is 2. The van der Waals surface area contributed by atoms with E-state index in [1.807, 2.05) is 0 Å². The van der Waals surface area contributed by atoms with Crippen molar-refractivity contribution in [1.82, 2.24) is 10.1 Å². The summed E-state index contributed by atoms with van der Waals surface area (Å²) in [4.78, 5) is 16.6. The van der Waals surface area contributed by atoms with Crippen molar-refractivity contribution in [2.45, 2.75) is 32.0 Å². The molecule has 4 rings (SSSR count). The fourth-order valence-corrected chi connectivity index (χ4v) is 3.67. The molecule has 29 heavy (non-hydrogen) atoms. The van der Waals surface area contributed by atoms with Crippen molar-refractivity contribution >= 4 is 33.9 Å². The maximum absolute atomic E-state index is 12.4. The Morgan fingerprint density at radius 1 is 1.17 bits per heavy atom. The van der Waals surface area contributed by atoms with Gasteiger partial charge in [0, 0.05) is 16.6 Å². The lowest BCUT2D eigenvalue weighted by Crippen LogP contribution is -2.16. The number of fused-ring (bicyclic) bond motifs is 1. The SMILES string of the molecule is O=C(Nc1onc2c1CCCC2)c1csc(Nc2ccc(OC(F)(F)F)cc2)n1. The Morgan fingerprint density at radius 3 is 2.69 bits per heavy atom. The third kappa shape index (κ3) is 4.67. The van der Waals surface area contributed by atoms with Gasteiger partial charge in [0.25, 0.3) is 5.91 Å². The number of carbonyl (C=O) groups excluding carboxylic acids is 1. The van der Waals surface area contributed by atoms with Gasteiger partial charge in [-0.3, -0.25) is 10.1 Å². The predicted molar refractivity (Wildman–Crippen MR) is 99.6 cm³/mol. The highest BCUT2D eigenvalue weighted by Gasteiger charge is 2.31. The molecule has 11 heteroatoms. The van der Waals surface area contributed by atoms with Gasteiger partial charge in [-0.1, -0.05) is 5.16 Å². The minimum atomic E-state index is -4.74. The first-order valence-electron chi connectivity index (χ1n) is 8.74. The van der Waals surface area contributed by atoms with Gasteiger partial charge in [0.15, 0.2) is 5.13 Å². The van der Waals surface area contributed by atoms with E-state index in [0.29, 0.717) is 16.7 Å². The molecule has 1 aromatic carbocycles. The number of carbonyl (C=O) groups is 1. The molecule has 2 N–H and O–H groups in total. The number of hydrogen-bond acceptors (Lipinski definition) is 7. The van der Waals surface area contributed by atoms with Crippen LogP contribution in [0.15, 0.2) is 34.2 Å². The fourth-order valence-electron chi connectivity index (χ4n) is 2.95. The van der Waals surface area contributed by atoms with Crippen LogP contribution in [0.5, 0.6) is 5.75 Å². The number of halogens is 3. The van der Waals surface area contributed by atoms with Gasteiger partial charge >= 0.3 is 6.36 Å². The number of nitrogens with zero attached hydrogens (tertiary/aromatic N) is 2. The number of rotatable bonds is 5. The highest BCUT2D eigenvalue weighted by molar-refractivity contribution is 7.14. The van der Waals surface area contributed by atoms with Crippen molar-refractivity contribution in [3.63, 3.8) is 0 Å². The Bertz CT molecular complexity index is 1010. The second kappa shape index (κ2) is 7.74. The minimum Gasteiger partial charge on any atom is -0.406 e. The Hall–Kier alpha value is -3.08. The van der Waals surface area contributed by atoms with Crippen LogP contribution < -0.4 is 15.4 Å². The molecule has 152 valence electrons. The molecule has 0 fully saturated rings. The zero-order chi connectivity index (χ0) is 20.4. The maximum Gasteiger partial charge on any atom is 0.573 e. The van der Waals surface area contributed by atoms with Crippen LogP contribution in [0.4, 0.5) is 29.9 Å². The number of amides is 1. The molecule has 1 aliphatic rings. The van der Waals surface area contributed by atoms with E-state index >= 15 is 0 Å². The van der Waals surface area contributed by atoms with Crippen LogP contribution in [-0.2, 0) is 12.8 Å². The van der Waals surface area contributed by atoms with E-state index in [1.165, 1.54) is 35.6 Å². The van der Waals surface area contributed by atoms with Crippen LogP contribution in [0, 0.1) is 0 Å². The second-order valence-electron chi connectivity index (χ2n) is 6.33. The van der Waals surface area contributed by atoms with Crippen molar-refractivity contribution in [2.75, 3.05) is 10.6 Å². The van der Waals surface area contributed by atoms with Crippen LogP contribution in [0.2, 0.25) is 0 Å². The summed E-state index contributed by atoms with van der Waals surface area (Å²) in [5, 5.41) is 11.6. The smallest absolute Gasteiger partial charge is 0.406 e. The van der Waals surface area contributed by atoms with E-state index in [4.69, 9.17) is 4.52 Å². The highest BCUT2D eigenvalue weighted by Crippen LogP contribution is 2.29. The number of aryl methyl sites for hydroxylation is 1. The molecule has 0 unspecified atom stereocenters. The third-order valence-electron chi connectivity index (χ3n) is 4.26. The van der Waals surface area contributed by atoms with Crippen molar-refractivity contribution in [2.24, 2.45) is 0 Å². The van der Waals surface area contributed by atoms with Crippen LogP contribution in [0.1, 0.15) is 34.6 Å². The maximum atomic E-state index is 12.4. The molecular formula is C18H15F3N4O3S. The van der Waals surface area contributed by atoms with Crippen molar-refractivity contribution in [1.29, 1.82) is 0 Å². The molecular weight excluding hydrogens is 409 g/mol. The molecule has 0 saturated carbocycles. The zero-order valence-corrected chi connectivity index (χ0v) is 15.7. The van der Waals surface area contributed by atoms with E-state index in [-0.39, 0.29) is 11.4 Å². The summed E-state index contributed by atoms with van der Waals surface area (Å²) in [7, 11) is 0. The van der Waals surface area contributed by atoms with Crippen molar-refractivity contribution in [3.05, 3.63) is 46.6 Å². The topological polar surface area (TPSA) is 89.3 Å². The summed E-state index contributed by atoms with van der Waals surface area (Å²) in [5.74, 6) is -0.391. The second-order valence-corrected chi connectivity index (χ2v) is 7.19. The van der Waals surface area contributed by atoms with E-state index < -0.39 is 12.3 Å². The van der Waals surface area contributed by atoms with Gasteiger partial charge in [0.2, 0.25) is 5.88 Å². The molecule has 1 aliphatic carbocycles. The summed E-state index contributed by atoms with van der Waals surface area (Å²) in [6, 6.07) is 5.21. The molecule has 0 saturated heterocycles. The lowest BCUT2D eigenvalue weighted by atomic mass is 9.98. The number of anilines is 3. The van der Waals surface area contributed by atoms with Crippen LogP contribution in [0.3, 0.4) is 0 Å². The van der Waals surface area contributed by atoms with E-state index in [1.54, 1.807) is 5.38 Å². The Balaban J connectivity index is 1.39. The number of alkyl halides is 3. The number of aromatic nitrogens is 2. The molecule has 7 nitrogen and oxygen atoms in total. The van der Waals surface area contributed by atoms with Gasteiger partial charge in [-0.05, 0) is 49.9 Å². The Kier molecular flexibility index (Phi) is 5.14. The first-order chi connectivity index (χ1) is 13.9. The van der Waals surface area contributed by atoms with E-state index in [0.717, 1.165) is 36.9 Å². The zero-order valence-electron chi connectivity index (χ0n) is 14.9. The highest BCUT2D eigenvalue weighted by atomic mass is 32.1. The van der Waals surface area contributed by atoms with Gasteiger partial charge < -0.3 is 14.6 Å². The normalized spacial score (nSPS) is 13.6. The standard InChI is InChI=1S/C18H15F3N4O3S/c19-18(20,21)27-11-7-5-10(6-8-11)22-17-23-14(9-29-17)15(26)24-16-12-3-1-2-4-13(12)25-28-16/h5-9H,1-4H2,(H,22,23)(H,24,26). The quantitative estimate of drug-likeness (QED) is 0.605. The average molecular weight is 424 g/mol. The lowest BCUT2D eigenvalue weighted by molar-refractivity contribution is -0.274. The monoisotopic (exact) mass is 424 g/mol. The summed E-state index contributed by atoms with van der Waals surface area (Å²) < 4.78 is 45.7. The molecule has 3 aromatic rings. The Labute approximate surface area is 166 Å². The number of thiazole rings is 1. The van der Waals surface area contributed by atoms with Gasteiger partial charge in [-0.2, -0.15) is 0 Å². The molecule has 0 aliphatic heterocycles. The van der Waals surface area contributed by atoms with E-state index in [2.05, 4.69) is 25.5 Å². The third-order valence-corrected chi connectivity index (χ3v) is 5.02. The number of benzene rings is 1. The lowest BCUT2D eigenvalue weighted by Gasteiger charge is -2.09. The van der Waals surface area contributed by atoms with Crippen molar-refractivity contribution < 1.29 is 27.2 Å². The summed E-state index contributed by atoms with van der Waals surface area (Å²) in [6.07, 6.45) is -1.01. The molecule has 1 amide bonds. The minimum absolute atomic E-state index is 0.190. The molecule has 0 spiro atoms.